The van der Waals surface area contributed by atoms with Crippen molar-refractivity contribution >= 4 is 17.5 Å². The lowest BCUT2D eigenvalue weighted by atomic mass is 9.99. The summed E-state index contributed by atoms with van der Waals surface area (Å²) in [6.07, 6.45) is 1.29. The lowest BCUT2D eigenvalue weighted by Gasteiger charge is -2.28. The molecule has 0 bridgehead atoms. The number of nitrogens with zero attached hydrogens (tertiary/aromatic N) is 1. The minimum absolute atomic E-state index is 0.0985. The Labute approximate surface area is 185 Å². The number of fused-ring (bicyclic) bond motifs is 1. The summed E-state index contributed by atoms with van der Waals surface area (Å²) < 4.78 is 5.60. The zero-order chi connectivity index (χ0) is 22.5. The molecule has 0 aliphatic carbocycles. The van der Waals surface area contributed by atoms with Crippen LogP contribution in [0.25, 0.3) is 0 Å². The highest BCUT2D eigenvalue weighted by molar-refractivity contribution is 6.00. The third-order valence-corrected chi connectivity index (χ3v) is 5.99. The number of rotatable bonds is 7. The topological polar surface area (TPSA) is 70.7 Å². The molecule has 3 rings (SSSR count). The zero-order valence-corrected chi connectivity index (χ0v) is 19.1. The van der Waals surface area contributed by atoms with E-state index in [2.05, 4.69) is 42.7 Å². The number of para-hydroxylation sites is 1. The molecule has 2 aromatic rings. The van der Waals surface area contributed by atoms with Gasteiger partial charge in [0.25, 0.3) is 0 Å². The number of likely N-dealkylation sites (N-methyl/N-ethyl adjacent to an activating group) is 1. The van der Waals surface area contributed by atoms with Crippen LogP contribution in [0, 0.1) is 0 Å². The summed E-state index contributed by atoms with van der Waals surface area (Å²) in [6.45, 7) is 6.46. The van der Waals surface area contributed by atoms with E-state index in [-0.39, 0.29) is 17.9 Å². The molecule has 2 amide bonds. The Morgan fingerprint density at radius 3 is 2.61 bits per heavy atom. The van der Waals surface area contributed by atoms with Crippen LogP contribution >= 0.6 is 0 Å². The molecule has 6 heteroatoms. The summed E-state index contributed by atoms with van der Waals surface area (Å²) in [7, 11) is 3.38. The summed E-state index contributed by atoms with van der Waals surface area (Å²) >= 11 is 0. The number of amides is 2. The van der Waals surface area contributed by atoms with Crippen LogP contribution in [-0.2, 0) is 22.6 Å². The monoisotopic (exact) mass is 423 g/mol. The van der Waals surface area contributed by atoms with Gasteiger partial charge in [-0.2, -0.15) is 0 Å². The van der Waals surface area contributed by atoms with Gasteiger partial charge < -0.3 is 20.3 Å². The summed E-state index contributed by atoms with van der Waals surface area (Å²) in [5.74, 6) is 0.847. The summed E-state index contributed by atoms with van der Waals surface area (Å²) in [6, 6.07) is 13.2. The summed E-state index contributed by atoms with van der Waals surface area (Å²) in [5, 5.41) is 5.88. The second kappa shape index (κ2) is 9.96. The van der Waals surface area contributed by atoms with Gasteiger partial charge in [0.2, 0.25) is 11.8 Å². The fourth-order valence-corrected chi connectivity index (χ4v) is 3.89. The standard InChI is InChI=1S/C25H33N3O3/c1-16(2)19-11-13-23(31-5)20(14-19)15-28-22-9-7-6-8-18(22)10-12-21(25(28)30)27-24(29)17(3)26-4/h6-9,11,13-14,16-17,21,26H,10,12,15H2,1-5H3,(H,27,29)/t17-,21-/m0/s1. The second-order valence-electron chi connectivity index (χ2n) is 8.39. The van der Waals surface area contributed by atoms with Gasteiger partial charge in [-0.05, 0) is 56.0 Å². The molecular formula is C25H33N3O3. The van der Waals surface area contributed by atoms with Crippen LogP contribution in [0.15, 0.2) is 42.5 Å². The molecule has 2 N–H and O–H groups in total. The van der Waals surface area contributed by atoms with Crippen LogP contribution in [0.3, 0.4) is 0 Å². The van der Waals surface area contributed by atoms with Crippen molar-refractivity contribution in [2.75, 3.05) is 19.1 Å². The third-order valence-electron chi connectivity index (χ3n) is 5.99. The number of methoxy groups -OCH3 is 1. The van der Waals surface area contributed by atoms with E-state index in [0.717, 1.165) is 29.0 Å². The predicted octanol–water partition coefficient (Wildman–Crippen LogP) is 3.39. The number of anilines is 1. The van der Waals surface area contributed by atoms with Crippen LogP contribution in [0.4, 0.5) is 5.69 Å². The molecule has 0 saturated heterocycles. The molecular weight excluding hydrogens is 390 g/mol. The minimum atomic E-state index is -0.574. The van der Waals surface area contributed by atoms with Crippen molar-refractivity contribution in [1.29, 1.82) is 0 Å². The number of nitrogens with one attached hydrogen (secondary N) is 2. The number of hydrogen-bond donors (Lipinski definition) is 2. The maximum Gasteiger partial charge on any atom is 0.249 e. The predicted molar refractivity (Wildman–Crippen MR) is 123 cm³/mol. The van der Waals surface area contributed by atoms with Gasteiger partial charge in [-0.25, -0.2) is 0 Å². The fraction of sp³-hybridized carbons (Fsp3) is 0.440. The first-order chi connectivity index (χ1) is 14.8. The molecule has 0 spiro atoms. The highest BCUT2D eigenvalue weighted by atomic mass is 16.5. The molecule has 166 valence electrons. The van der Waals surface area contributed by atoms with Gasteiger partial charge in [-0.15, -0.1) is 0 Å². The highest BCUT2D eigenvalue weighted by Crippen LogP contribution is 2.32. The molecule has 0 radical (unpaired) electrons. The lowest BCUT2D eigenvalue weighted by Crippen LogP contribution is -2.52. The molecule has 1 aliphatic heterocycles. The molecule has 0 aromatic heterocycles. The van der Waals surface area contributed by atoms with Gasteiger partial charge in [0.1, 0.15) is 11.8 Å². The lowest BCUT2D eigenvalue weighted by molar-refractivity contribution is -0.128. The van der Waals surface area contributed by atoms with E-state index in [1.165, 1.54) is 5.56 Å². The van der Waals surface area contributed by atoms with Crippen molar-refractivity contribution in [2.45, 2.75) is 58.2 Å². The Kier molecular flexibility index (Phi) is 7.33. The maximum atomic E-state index is 13.6. The Bertz CT molecular complexity index is 941. The summed E-state index contributed by atoms with van der Waals surface area (Å²) in [5.41, 5.74) is 4.14. The van der Waals surface area contributed by atoms with Crippen molar-refractivity contribution in [3.63, 3.8) is 0 Å². The van der Waals surface area contributed by atoms with E-state index in [9.17, 15) is 9.59 Å². The van der Waals surface area contributed by atoms with E-state index < -0.39 is 6.04 Å². The Morgan fingerprint density at radius 1 is 1.19 bits per heavy atom. The molecule has 2 aromatic carbocycles. The van der Waals surface area contributed by atoms with Gasteiger partial charge in [-0.1, -0.05) is 44.2 Å². The molecule has 0 saturated carbocycles. The molecule has 0 fully saturated rings. The Morgan fingerprint density at radius 2 is 1.94 bits per heavy atom. The summed E-state index contributed by atoms with van der Waals surface area (Å²) in [4.78, 5) is 27.9. The van der Waals surface area contributed by atoms with Crippen LogP contribution in [0.5, 0.6) is 5.75 Å². The van der Waals surface area contributed by atoms with Gasteiger partial charge in [0.15, 0.2) is 0 Å². The van der Waals surface area contributed by atoms with Gasteiger partial charge in [0, 0.05) is 11.3 Å². The van der Waals surface area contributed by atoms with Gasteiger partial charge in [0.05, 0.1) is 19.7 Å². The molecule has 1 aliphatic rings. The Hall–Kier alpha value is -2.86. The molecule has 31 heavy (non-hydrogen) atoms. The van der Waals surface area contributed by atoms with E-state index in [1.807, 2.05) is 24.3 Å². The van der Waals surface area contributed by atoms with E-state index in [1.54, 1.807) is 26.0 Å². The van der Waals surface area contributed by atoms with Gasteiger partial charge >= 0.3 is 0 Å². The number of carbonyl (C=O) groups excluding carboxylic acids is 2. The van der Waals surface area contributed by atoms with Crippen molar-refractivity contribution in [3.8, 4) is 5.75 Å². The molecule has 6 nitrogen and oxygen atoms in total. The second-order valence-corrected chi connectivity index (χ2v) is 8.39. The number of carbonyl (C=O) groups is 2. The number of ether oxygens (including phenoxy) is 1. The largest absolute Gasteiger partial charge is 0.496 e. The maximum absolute atomic E-state index is 13.6. The van der Waals surface area contributed by atoms with Crippen LogP contribution < -0.4 is 20.3 Å². The zero-order valence-electron chi connectivity index (χ0n) is 19.1. The first-order valence-electron chi connectivity index (χ1n) is 10.9. The SMILES string of the molecule is CN[C@@H](C)C(=O)N[C@H]1CCc2ccccc2N(Cc2cc(C(C)C)ccc2OC)C1=O. The number of benzene rings is 2. The quantitative estimate of drug-likeness (QED) is 0.716. The molecule has 1 heterocycles. The minimum Gasteiger partial charge on any atom is -0.496 e. The number of aryl methyl sites for hydroxylation is 1. The van der Waals surface area contributed by atoms with Crippen molar-refractivity contribution < 1.29 is 14.3 Å². The highest BCUT2D eigenvalue weighted by Gasteiger charge is 2.32. The fourth-order valence-electron chi connectivity index (χ4n) is 3.89. The van der Waals surface area contributed by atoms with Crippen LogP contribution in [0.2, 0.25) is 0 Å². The van der Waals surface area contributed by atoms with Crippen molar-refractivity contribution in [1.82, 2.24) is 10.6 Å². The molecule has 0 unspecified atom stereocenters. The third kappa shape index (κ3) is 5.07. The van der Waals surface area contributed by atoms with E-state index in [4.69, 9.17) is 4.74 Å². The first-order valence-corrected chi connectivity index (χ1v) is 10.9. The molecule has 2 atom stereocenters. The average Bonchev–Trinajstić information content (AvgIpc) is 2.90. The first kappa shape index (κ1) is 22.8. The van der Waals surface area contributed by atoms with Crippen LogP contribution in [-0.4, -0.2) is 38.1 Å². The van der Waals surface area contributed by atoms with E-state index in [0.29, 0.717) is 18.9 Å². The van der Waals surface area contributed by atoms with Gasteiger partial charge in [-0.3, -0.25) is 9.59 Å². The van der Waals surface area contributed by atoms with E-state index >= 15 is 0 Å². The Balaban J connectivity index is 1.98. The number of hydrogen-bond acceptors (Lipinski definition) is 4. The van der Waals surface area contributed by atoms with Crippen molar-refractivity contribution in [3.05, 3.63) is 59.2 Å². The average molecular weight is 424 g/mol. The van der Waals surface area contributed by atoms with Crippen molar-refractivity contribution in [2.24, 2.45) is 0 Å². The smallest absolute Gasteiger partial charge is 0.249 e. The normalized spacial score (nSPS) is 17.2. The van der Waals surface area contributed by atoms with Crippen LogP contribution in [0.1, 0.15) is 49.8 Å².